The molecule has 0 bridgehead atoms. The van der Waals surface area contributed by atoms with Crippen molar-refractivity contribution in [3.8, 4) is 0 Å². The highest BCUT2D eigenvalue weighted by molar-refractivity contribution is 7.11. The number of guanidine groups is 1. The zero-order chi connectivity index (χ0) is 15.1. The number of likely N-dealkylation sites (N-methyl/N-ethyl adjacent to an activating group) is 1. The standard InChI is InChI=1S/C15H27N5S/c1-4-16-15(19-11-14-10-17-12(3)21-14)18-9-13-7-6-8-20(13)5-2/h10,13H,4-9,11H2,1-3H3,(H2,16,18,19). The first-order chi connectivity index (χ1) is 10.2. The molecule has 0 aromatic carbocycles. The van der Waals surface area contributed by atoms with Gasteiger partial charge in [0.25, 0.3) is 0 Å². The molecule has 6 heteroatoms. The Morgan fingerprint density at radius 3 is 3.00 bits per heavy atom. The lowest BCUT2D eigenvalue weighted by Gasteiger charge is -2.23. The summed E-state index contributed by atoms with van der Waals surface area (Å²) < 4.78 is 0. The number of nitrogens with one attached hydrogen (secondary N) is 2. The van der Waals surface area contributed by atoms with E-state index in [2.05, 4.69) is 39.4 Å². The summed E-state index contributed by atoms with van der Waals surface area (Å²) in [7, 11) is 0. The quantitative estimate of drug-likeness (QED) is 0.623. The van der Waals surface area contributed by atoms with Crippen LogP contribution >= 0.6 is 11.3 Å². The first-order valence-electron chi connectivity index (χ1n) is 7.90. The van der Waals surface area contributed by atoms with Crippen molar-refractivity contribution < 1.29 is 0 Å². The van der Waals surface area contributed by atoms with Crippen LogP contribution in [-0.4, -0.2) is 48.1 Å². The molecular weight excluding hydrogens is 282 g/mol. The third-order valence-electron chi connectivity index (χ3n) is 3.82. The fourth-order valence-electron chi connectivity index (χ4n) is 2.73. The van der Waals surface area contributed by atoms with Crippen LogP contribution in [0.2, 0.25) is 0 Å². The lowest BCUT2D eigenvalue weighted by Crippen LogP contribution is -2.44. The van der Waals surface area contributed by atoms with Crippen LogP contribution in [0, 0.1) is 6.92 Å². The van der Waals surface area contributed by atoms with E-state index >= 15 is 0 Å². The van der Waals surface area contributed by atoms with Crippen molar-refractivity contribution in [2.24, 2.45) is 4.99 Å². The van der Waals surface area contributed by atoms with Crippen LogP contribution in [0.15, 0.2) is 11.2 Å². The third-order valence-corrected chi connectivity index (χ3v) is 4.71. The lowest BCUT2D eigenvalue weighted by atomic mass is 10.2. The maximum absolute atomic E-state index is 4.66. The number of aromatic nitrogens is 1. The molecule has 0 amide bonds. The first kappa shape index (κ1) is 16.2. The number of hydrogen-bond acceptors (Lipinski definition) is 4. The van der Waals surface area contributed by atoms with E-state index in [-0.39, 0.29) is 0 Å². The number of likely N-dealkylation sites (tertiary alicyclic amines) is 1. The van der Waals surface area contributed by atoms with Crippen LogP contribution in [0.25, 0.3) is 0 Å². The number of aliphatic imine (C=N–C) groups is 1. The molecule has 0 saturated carbocycles. The van der Waals surface area contributed by atoms with Gasteiger partial charge in [-0.25, -0.2) is 9.98 Å². The van der Waals surface area contributed by atoms with E-state index in [9.17, 15) is 0 Å². The summed E-state index contributed by atoms with van der Waals surface area (Å²) >= 11 is 1.71. The fourth-order valence-corrected chi connectivity index (χ4v) is 3.45. The molecular formula is C15H27N5S. The number of thiazole rings is 1. The number of hydrogen-bond donors (Lipinski definition) is 2. The van der Waals surface area contributed by atoms with Gasteiger partial charge in [0.15, 0.2) is 5.96 Å². The third kappa shape index (κ3) is 4.97. The molecule has 1 unspecified atom stereocenters. The molecule has 118 valence electrons. The van der Waals surface area contributed by atoms with Crippen molar-refractivity contribution in [2.45, 2.75) is 46.2 Å². The Morgan fingerprint density at radius 1 is 1.48 bits per heavy atom. The Hall–Kier alpha value is -1.14. The summed E-state index contributed by atoms with van der Waals surface area (Å²) in [4.78, 5) is 12.7. The number of rotatable bonds is 6. The van der Waals surface area contributed by atoms with Gasteiger partial charge in [0.2, 0.25) is 0 Å². The maximum Gasteiger partial charge on any atom is 0.191 e. The topological polar surface area (TPSA) is 52.6 Å². The monoisotopic (exact) mass is 309 g/mol. The Morgan fingerprint density at radius 2 is 2.33 bits per heavy atom. The van der Waals surface area contributed by atoms with Gasteiger partial charge < -0.3 is 10.6 Å². The predicted octanol–water partition coefficient (Wildman–Crippen LogP) is 1.99. The summed E-state index contributed by atoms with van der Waals surface area (Å²) in [5.41, 5.74) is 0. The van der Waals surface area contributed by atoms with Gasteiger partial charge >= 0.3 is 0 Å². The fraction of sp³-hybridized carbons (Fsp3) is 0.733. The van der Waals surface area contributed by atoms with Crippen LogP contribution in [0.3, 0.4) is 0 Å². The van der Waals surface area contributed by atoms with Crippen molar-refractivity contribution in [3.05, 3.63) is 16.1 Å². The van der Waals surface area contributed by atoms with Gasteiger partial charge in [-0.05, 0) is 39.8 Å². The summed E-state index contributed by atoms with van der Waals surface area (Å²) in [5.74, 6) is 0.909. The summed E-state index contributed by atoms with van der Waals surface area (Å²) in [5, 5.41) is 7.91. The van der Waals surface area contributed by atoms with E-state index in [0.717, 1.165) is 30.6 Å². The van der Waals surface area contributed by atoms with E-state index in [0.29, 0.717) is 12.6 Å². The van der Waals surface area contributed by atoms with Crippen LogP contribution in [-0.2, 0) is 6.54 Å². The molecule has 2 rings (SSSR count). The lowest BCUT2D eigenvalue weighted by molar-refractivity contribution is 0.267. The summed E-state index contributed by atoms with van der Waals surface area (Å²) in [6.45, 7) is 11.3. The van der Waals surface area contributed by atoms with E-state index in [4.69, 9.17) is 0 Å². The van der Waals surface area contributed by atoms with E-state index in [1.165, 1.54) is 24.3 Å². The van der Waals surface area contributed by atoms with Crippen LogP contribution in [0.1, 0.15) is 36.6 Å². The second-order valence-corrected chi connectivity index (χ2v) is 6.67. The SMILES string of the molecule is CCNC(=NCc1cnc(C)s1)NCC1CCCN1CC. The zero-order valence-corrected chi connectivity index (χ0v) is 14.2. The molecule has 2 heterocycles. The Kier molecular flexibility index (Phi) is 6.45. The summed E-state index contributed by atoms with van der Waals surface area (Å²) in [6.07, 6.45) is 4.52. The van der Waals surface area contributed by atoms with E-state index < -0.39 is 0 Å². The van der Waals surface area contributed by atoms with Gasteiger partial charge in [0, 0.05) is 30.2 Å². The molecule has 0 spiro atoms. The summed E-state index contributed by atoms with van der Waals surface area (Å²) in [6, 6.07) is 0.643. The number of nitrogens with zero attached hydrogens (tertiary/aromatic N) is 3. The van der Waals surface area contributed by atoms with Gasteiger partial charge in [-0.2, -0.15) is 0 Å². The Balaban J connectivity index is 1.86. The van der Waals surface area contributed by atoms with E-state index in [1.54, 1.807) is 11.3 Å². The van der Waals surface area contributed by atoms with Gasteiger partial charge in [-0.15, -0.1) is 11.3 Å². The molecule has 21 heavy (non-hydrogen) atoms. The Bertz CT molecular complexity index is 457. The van der Waals surface area contributed by atoms with Gasteiger partial charge in [0.05, 0.1) is 11.6 Å². The van der Waals surface area contributed by atoms with Gasteiger partial charge in [-0.3, -0.25) is 4.90 Å². The normalized spacial score (nSPS) is 20.0. The van der Waals surface area contributed by atoms with Crippen molar-refractivity contribution >= 4 is 17.3 Å². The average molecular weight is 309 g/mol. The maximum atomic E-state index is 4.66. The zero-order valence-electron chi connectivity index (χ0n) is 13.4. The van der Waals surface area contributed by atoms with Crippen molar-refractivity contribution in [2.75, 3.05) is 26.2 Å². The molecule has 1 aromatic rings. The molecule has 1 saturated heterocycles. The minimum Gasteiger partial charge on any atom is -0.357 e. The minimum absolute atomic E-state index is 0.643. The van der Waals surface area contributed by atoms with Gasteiger partial charge in [-0.1, -0.05) is 6.92 Å². The molecule has 0 radical (unpaired) electrons. The van der Waals surface area contributed by atoms with E-state index in [1.807, 2.05) is 13.1 Å². The van der Waals surface area contributed by atoms with Crippen LogP contribution < -0.4 is 10.6 Å². The second-order valence-electron chi connectivity index (χ2n) is 5.35. The average Bonchev–Trinajstić information content (AvgIpc) is 3.10. The van der Waals surface area contributed by atoms with Crippen LogP contribution in [0.5, 0.6) is 0 Å². The molecule has 1 atom stereocenters. The predicted molar refractivity (Wildman–Crippen MR) is 89.9 cm³/mol. The largest absolute Gasteiger partial charge is 0.357 e. The van der Waals surface area contributed by atoms with Crippen molar-refractivity contribution in [3.63, 3.8) is 0 Å². The van der Waals surface area contributed by atoms with Crippen molar-refractivity contribution in [1.82, 2.24) is 20.5 Å². The molecule has 1 aromatic heterocycles. The highest BCUT2D eigenvalue weighted by atomic mass is 32.1. The molecule has 0 aliphatic carbocycles. The molecule has 1 aliphatic rings. The minimum atomic E-state index is 0.643. The number of aryl methyl sites for hydroxylation is 1. The van der Waals surface area contributed by atoms with Crippen molar-refractivity contribution in [1.29, 1.82) is 0 Å². The smallest absolute Gasteiger partial charge is 0.191 e. The molecule has 1 aliphatic heterocycles. The van der Waals surface area contributed by atoms with Gasteiger partial charge in [0.1, 0.15) is 0 Å². The molecule has 1 fully saturated rings. The molecule has 5 nitrogen and oxygen atoms in total. The molecule has 2 N–H and O–H groups in total. The highest BCUT2D eigenvalue weighted by Crippen LogP contribution is 2.15. The Labute approximate surface area is 131 Å². The first-order valence-corrected chi connectivity index (χ1v) is 8.72. The second kappa shape index (κ2) is 8.34. The highest BCUT2D eigenvalue weighted by Gasteiger charge is 2.22. The van der Waals surface area contributed by atoms with Crippen LogP contribution in [0.4, 0.5) is 0 Å².